The highest BCUT2D eigenvalue weighted by Gasteiger charge is 2.10. The smallest absolute Gasteiger partial charge is 0.204 e. The summed E-state index contributed by atoms with van der Waals surface area (Å²) in [5, 5.41) is 0. The van der Waals surface area contributed by atoms with E-state index in [1.807, 2.05) is 6.08 Å². The summed E-state index contributed by atoms with van der Waals surface area (Å²) < 4.78 is 31.5. The van der Waals surface area contributed by atoms with Crippen molar-refractivity contribution in [3.05, 3.63) is 30.1 Å². The summed E-state index contributed by atoms with van der Waals surface area (Å²) in [4.78, 5) is 0. The molecule has 0 N–H and O–H groups in total. The normalized spacial score (nSPS) is 10.6. The van der Waals surface area contributed by atoms with Gasteiger partial charge in [-0.25, -0.2) is 8.42 Å². The molecule has 0 amide bonds. The van der Waals surface area contributed by atoms with E-state index < -0.39 is 10.1 Å². The molecule has 1 aromatic heterocycles. The van der Waals surface area contributed by atoms with Gasteiger partial charge in [-0.1, -0.05) is 6.08 Å². The van der Waals surface area contributed by atoms with Crippen LogP contribution < -0.4 is 4.68 Å². The van der Waals surface area contributed by atoms with Crippen LogP contribution in [-0.2, 0) is 23.7 Å². The summed E-state index contributed by atoms with van der Waals surface area (Å²) in [6.45, 7) is 8.81. The van der Waals surface area contributed by atoms with Crippen molar-refractivity contribution < 1.29 is 17.7 Å². The molecule has 1 aromatic rings. The lowest BCUT2D eigenvalue weighted by molar-refractivity contribution is -0.758. The van der Waals surface area contributed by atoms with E-state index in [0.29, 0.717) is 6.26 Å². The van der Waals surface area contributed by atoms with Crippen LogP contribution in [0.3, 0.4) is 0 Å². The Bertz CT molecular complexity index is 453. The molecule has 0 saturated carbocycles. The molecule has 5 nitrogen and oxygen atoms in total. The lowest BCUT2D eigenvalue weighted by atomic mass is 10.4. The molecule has 16 heavy (non-hydrogen) atoms. The highest BCUT2D eigenvalue weighted by atomic mass is 32.2. The Morgan fingerprint density at radius 2 is 2.00 bits per heavy atom. The molecular weight excluding hydrogens is 228 g/mol. The first-order chi connectivity index (χ1) is 7.16. The van der Waals surface area contributed by atoms with Crippen LogP contribution in [0, 0.1) is 13.8 Å². The molecule has 0 fully saturated rings. The summed E-state index contributed by atoms with van der Waals surface area (Å²) >= 11 is 0. The van der Waals surface area contributed by atoms with Gasteiger partial charge in [0.05, 0.1) is 22.4 Å². The SMILES string of the molecule is C=CCn1c(C)cc(C)[n+]1C.CS(=O)(=O)[O-]. The van der Waals surface area contributed by atoms with Crippen LogP contribution in [-0.4, -0.2) is 23.9 Å². The average molecular weight is 246 g/mol. The predicted molar refractivity (Wildman–Crippen MR) is 60.9 cm³/mol. The molecule has 0 unspecified atom stereocenters. The van der Waals surface area contributed by atoms with Crippen LogP contribution in [0.25, 0.3) is 0 Å². The molecule has 0 atom stereocenters. The third kappa shape index (κ3) is 5.67. The van der Waals surface area contributed by atoms with Crippen LogP contribution in [0.4, 0.5) is 0 Å². The molecule has 0 aliphatic heterocycles. The standard InChI is InChI=1S/C9H15N2.CH4O3S/c1-5-6-11-9(3)7-8(2)10(11)4;1-5(2,3)4/h5,7H,1,6H2,2-4H3;1H3,(H,2,3,4)/q+1;/p-1. The van der Waals surface area contributed by atoms with E-state index in [4.69, 9.17) is 13.0 Å². The Balaban J connectivity index is 0.000000385. The second-order valence-electron chi connectivity index (χ2n) is 3.53. The van der Waals surface area contributed by atoms with E-state index in [9.17, 15) is 0 Å². The Hall–Kier alpha value is -1.14. The van der Waals surface area contributed by atoms with Crippen molar-refractivity contribution in [2.45, 2.75) is 20.4 Å². The molecule has 1 heterocycles. The summed E-state index contributed by atoms with van der Waals surface area (Å²) in [7, 11) is -1.86. The number of aryl methyl sites for hydroxylation is 2. The van der Waals surface area contributed by atoms with Gasteiger partial charge in [-0.15, -0.1) is 11.3 Å². The minimum atomic E-state index is -3.92. The number of rotatable bonds is 2. The molecule has 0 aliphatic rings. The van der Waals surface area contributed by atoms with Gasteiger partial charge in [0.25, 0.3) is 0 Å². The molecule has 6 heteroatoms. The predicted octanol–water partition coefficient (Wildman–Crippen LogP) is 0.277. The van der Waals surface area contributed by atoms with E-state index in [0.717, 1.165) is 6.54 Å². The first-order valence-corrected chi connectivity index (χ1v) is 6.53. The van der Waals surface area contributed by atoms with Gasteiger partial charge in [0, 0.05) is 19.2 Å². The molecule has 1 rings (SSSR count). The molecular formula is C10H18N2O3S. The summed E-state index contributed by atoms with van der Waals surface area (Å²) in [5.41, 5.74) is 2.56. The monoisotopic (exact) mass is 246 g/mol. The van der Waals surface area contributed by atoms with E-state index in [2.05, 4.69) is 42.9 Å². The maximum Gasteiger partial charge on any atom is 0.204 e. The Labute approximate surface area is 96.7 Å². The van der Waals surface area contributed by atoms with Gasteiger partial charge in [0.2, 0.25) is 5.69 Å². The molecule has 0 bridgehead atoms. The topological polar surface area (TPSA) is 66.0 Å². The van der Waals surface area contributed by atoms with Crippen LogP contribution in [0.1, 0.15) is 11.4 Å². The van der Waals surface area contributed by atoms with Crippen molar-refractivity contribution in [2.24, 2.45) is 7.05 Å². The number of hydrogen-bond donors (Lipinski definition) is 0. The fourth-order valence-corrected chi connectivity index (χ4v) is 1.29. The van der Waals surface area contributed by atoms with Crippen molar-refractivity contribution in [3.63, 3.8) is 0 Å². The van der Waals surface area contributed by atoms with Crippen LogP contribution in [0.5, 0.6) is 0 Å². The largest absolute Gasteiger partial charge is 0.748 e. The van der Waals surface area contributed by atoms with Crippen molar-refractivity contribution in [1.29, 1.82) is 0 Å². The van der Waals surface area contributed by atoms with Gasteiger partial charge < -0.3 is 4.55 Å². The van der Waals surface area contributed by atoms with Gasteiger partial charge >= 0.3 is 0 Å². The number of aromatic nitrogens is 2. The highest BCUT2D eigenvalue weighted by molar-refractivity contribution is 7.84. The summed E-state index contributed by atoms with van der Waals surface area (Å²) in [6.07, 6.45) is 2.51. The summed E-state index contributed by atoms with van der Waals surface area (Å²) in [6, 6.07) is 2.17. The number of hydrogen-bond acceptors (Lipinski definition) is 3. The van der Waals surface area contributed by atoms with Crippen molar-refractivity contribution in [2.75, 3.05) is 6.26 Å². The van der Waals surface area contributed by atoms with E-state index in [1.54, 1.807) is 0 Å². The first kappa shape index (κ1) is 14.9. The van der Waals surface area contributed by atoms with Gasteiger partial charge in [0.1, 0.15) is 0 Å². The Morgan fingerprint density at radius 1 is 1.56 bits per heavy atom. The fraction of sp³-hybridized carbons (Fsp3) is 0.500. The first-order valence-electron chi connectivity index (χ1n) is 4.71. The zero-order valence-electron chi connectivity index (χ0n) is 10.1. The zero-order chi connectivity index (χ0) is 12.9. The van der Waals surface area contributed by atoms with Gasteiger partial charge in [-0.2, -0.15) is 4.68 Å². The lowest BCUT2D eigenvalue weighted by Gasteiger charge is -1.97. The third-order valence-corrected chi connectivity index (χ3v) is 2.00. The maximum atomic E-state index is 9.08. The van der Waals surface area contributed by atoms with Gasteiger partial charge in [0.15, 0.2) is 7.05 Å². The lowest BCUT2D eigenvalue weighted by Crippen LogP contribution is -2.41. The van der Waals surface area contributed by atoms with E-state index >= 15 is 0 Å². The van der Waals surface area contributed by atoms with E-state index in [1.165, 1.54) is 11.4 Å². The molecule has 0 aromatic carbocycles. The van der Waals surface area contributed by atoms with Crippen LogP contribution in [0.2, 0.25) is 0 Å². The summed E-state index contributed by atoms with van der Waals surface area (Å²) in [5.74, 6) is 0. The molecule has 0 spiro atoms. The molecule has 92 valence electrons. The Kier molecular flexibility index (Phi) is 5.40. The van der Waals surface area contributed by atoms with E-state index in [-0.39, 0.29) is 0 Å². The Morgan fingerprint density at radius 3 is 2.25 bits per heavy atom. The fourth-order valence-electron chi connectivity index (χ4n) is 1.29. The van der Waals surface area contributed by atoms with Crippen molar-refractivity contribution >= 4 is 10.1 Å². The third-order valence-electron chi connectivity index (χ3n) is 2.00. The van der Waals surface area contributed by atoms with Crippen molar-refractivity contribution in [1.82, 2.24) is 4.68 Å². The highest BCUT2D eigenvalue weighted by Crippen LogP contribution is 1.98. The quantitative estimate of drug-likeness (QED) is 0.427. The number of allylic oxidation sites excluding steroid dienone is 1. The molecule has 0 radical (unpaired) electrons. The van der Waals surface area contributed by atoms with Gasteiger partial charge in [-0.3, -0.25) is 0 Å². The second kappa shape index (κ2) is 5.81. The van der Waals surface area contributed by atoms with Crippen LogP contribution >= 0.6 is 0 Å². The van der Waals surface area contributed by atoms with Crippen molar-refractivity contribution in [3.8, 4) is 0 Å². The maximum absolute atomic E-state index is 9.08. The average Bonchev–Trinajstić information content (AvgIpc) is 2.30. The molecule has 0 saturated heterocycles. The van der Waals surface area contributed by atoms with Crippen LogP contribution in [0.15, 0.2) is 18.7 Å². The molecule has 0 aliphatic carbocycles. The van der Waals surface area contributed by atoms with Gasteiger partial charge in [-0.05, 0) is 6.92 Å². The number of nitrogens with zero attached hydrogens (tertiary/aromatic N) is 2. The second-order valence-corrected chi connectivity index (χ2v) is 4.93. The minimum absolute atomic E-state index is 0.604. The minimum Gasteiger partial charge on any atom is -0.748 e. The zero-order valence-corrected chi connectivity index (χ0v) is 10.9.